The molecule has 0 spiro atoms. The monoisotopic (exact) mass is 292 g/mol. The van der Waals surface area contributed by atoms with Crippen molar-refractivity contribution in [3.05, 3.63) is 35.4 Å². The third kappa shape index (κ3) is 6.60. The first-order chi connectivity index (χ1) is 10.1. The molecule has 3 heteroatoms. The average Bonchev–Trinajstić information content (AvgIpc) is 2.45. The molecule has 1 rings (SSSR count). The molecule has 0 atom stereocenters. The molecule has 0 aliphatic carbocycles. The van der Waals surface area contributed by atoms with Crippen LogP contribution in [0.25, 0.3) is 0 Å². The number of hydrogen-bond donors (Lipinski definition) is 1. The molecule has 1 aromatic carbocycles. The summed E-state index contributed by atoms with van der Waals surface area (Å²) in [6.45, 7) is 12.5. The Morgan fingerprint density at radius 2 is 1.67 bits per heavy atom. The molecule has 0 fully saturated rings. The topological polar surface area (TPSA) is 24.5 Å². The fourth-order valence-corrected chi connectivity index (χ4v) is 2.67. The molecule has 21 heavy (non-hydrogen) atoms. The van der Waals surface area contributed by atoms with E-state index in [9.17, 15) is 0 Å². The molecule has 0 aliphatic heterocycles. The first kappa shape index (κ1) is 18.1. The molecule has 0 heterocycles. The number of rotatable bonds is 10. The highest BCUT2D eigenvalue weighted by Gasteiger charge is 2.12. The van der Waals surface area contributed by atoms with E-state index in [0.717, 1.165) is 26.1 Å². The minimum atomic E-state index is 0.566. The molecule has 1 aromatic rings. The Bertz CT molecular complexity index is 383. The highest BCUT2D eigenvalue weighted by molar-refractivity contribution is 5.26. The van der Waals surface area contributed by atoms with E-state index in [1.54, 1.807) is 0 Å². The summed E-state index contributed by atoms with van der Waals surface area (Å²) in [4.78, 5) is 2.47. The van der Waals surface area contributed by atoms with E-state index < -0.39 is 0 Å². The summed E-state index contributed by atoms with van der Waals surface area (Å²) in [5, 5.41) is 3.20. The second-order valence-electron chi connectivity index (χ2n) is 6.10. The third-order valence-electron chi connectivity index (χ3n) is 3.84. The number of hydrogen-bond acceptors (Lipinski definition) is 3. The Morgan fingerprint density at radius 3 is 2.24 bits per heavy atom. The van der Waals surface area contributed by atoms with E-state index in [1.807, 2.05) is 7.05 Å². The van der Waals surface area contributed by atoms with E-state index in [0.29, 0.717) is 18.7 Å². The van der Waals surface area contributed by atoms with Crippen molar-refractivity contribution in [2.75, 3.05) is 26.7 Å². The molecular weight excluding hydrogens is 260 g/mol. The number of nitrogens with zero attached hydrogens (tertiary/aromatic N) is 1. The van der Waals surface area contributed by atoms with Gasteiger partial charge in [0, 0.05) is 18.6 Å². The lowest BCUT2D eigenvalue weighted by atomic mass is 10.1. The first-order valence-corrected chi connectivity index (χ1v) is 8.11. The standard InChI is InChI=1S/C18H32N2O/c1-15(2)20(16(3)4)12-13-21-14-18-9-7-6-8-17(18)10-11-19-5/h6-9,15-16,19H,10-14H2,1-5H3. The Balaban J connectivity index is 2.41. The second-order valence-corrected chi connectivity index (χ2v) is 6.10. The highest BCUT2D eigenvalue weighted by atomic mass is 16.5. The first-order valence-electron chi connectivity index (χ1n) is 8.11. The molecule has 0 bridgehead atoms. The van der Waals surface area contributed by atoms with Crippen molar-refractivity contribution in [3.63, 3.8) is 0 Å². The van der Waals surface area contributed by atoms with Gasteiger partial charge in [-0.15, -0.1) is 0 Å². The molecule has 3 nitrogen and oxygen atoms in total. The summed E-state index contributed by atoms with van der Waals surface area (Å²) in [7, 11) is 1.99. The van der Waals surface area contributed by atoms with Crippen molar-refractivity contribution in [1.29, 1.82) is 0 Å². The SMILES string of the molecule is CNCCc1ccccc1COCCN(C(C)C)C(C)C. The van der Waals surface area contributed by atoms with Gasteiger partial charge in [0.25, 0.3) is 0 Å². The lowest BCUT2D eigenvalue weighted by Gasteiger charge is -2.30. The molecule has 1 N–H and O–H groups in total. The Hall–Kier alpha value is -0.900. The maximum absolute atomic E-state index is 5.91. The summed E-state index contributed by atoms with van der Waals surface area (Å²) in [5.74, 6) is 0. The van der Waals surface area contributed by atoms with Gasteiger partial charge in [-0.1, -0.05) is 24.3 Å². The summed E-state index contributed by atoms with van der Waals surface area (Å²) in [5.41, 5.74) is 2.70. The van der Waals surface area contributed by atoms with Gasteiger partial charge in [-0.3, -0.25) is 4.90 Å². The fraction of sp³-hybridized carbons (Fsp3) is 0.667. The van der Waals surface area contributed by atoms with E-state index in [-0.39, 0.29) is 0 Å². The van der Waals surface area contributed by atoms with Crippen LogP contribution in [0.1, 0.15) is 38.8 Å². The average molecular weight is 292 g/mol. The molecule has 0 saturated carbocycles. The molecular formula is C18H32N2O. The summed E-state index contributed by atoms with van der Waals surface area (Å²) in [6, 6.07) is 9.70. The normalized spacial score (nSPS) is 11.8. The molecule has 120 valence electrons. The van der Waals surface area contributed by atoms with Crippen LogP contribution in [-0.2, 0) is 17.8 Å². The fourth-order valence-electron chi connectivity index (χ4n) is 2.67. The summed E-state index contributed by atoms with van der Waals surface area (Å²) >= 11 is 0. The number of nitrogens with one attached hydrogen (secondary N) is 1. The van der Waals surface area contributed by atoms with Crippen LogP contribution in [0.3, 0.4) is 0 Å². The predicted molar refractivity (Wildman–Crippen MR) is 90.7 cm³/mol. The third-order valence-corrected chi connectivity index (χ3v) is 3.84. The maximum Gasteiger partial charge on any atom is 0.0720 e. The zero-order valence-corrected chi connectivity index (χ0v) is 14.4. The smallest absolute Gasteiger partial charge is 0.0720 e. The van der Waals surface area contributed by atoms with E-state index in [2.05, 4.69) is 62.2 Å². The summed E-state index contributed by atoms with van der Waals surface area (Å²) < 4.78 is 5.91. The molecule has 0 radical (unpaired) electrons. The van der Waals surface area contributed by atoms with Gasteiger partial charge in [0.2, 0.25) is 0 Å². The predicted octanol–water partition coefficient (Wildman–Crippen LogP) is 3.08. The molecule has 0 aliphatic rings. The number of benzene rings is 1. The Morgan fingerprint density at radius 1 is 1.05 bits per heavy atom. The minimum Gasteiger partial charge on any atom is -0.375 e. The van der Waals surface area contributed by atoms with Crippen LogP contribution >= 0.6 is 0 Å². The maximum atomic E-state index is 5.91. The molecule has 0 unspecified atom stereocenters. The van der Waals surface area contributed by atoms with Crippen LogP contribution in [0.4, 0.5) is 0 Å². The van der Waals surface area contributed by atoms with Gasteiger partial charge in [0.15, 0.2) is 0 Å². The van der Waals surface area contributed by atoms with Crippen LogP contribution in [0.5, 0.6) is 0 Å². The van der Waals surface area contributed by atoms with Crippen LogP contribution < -0.4 is 5.32 Å². The second kappa shape index (κ2) is 9.93. The van der Waals surface area contributed by atoms with Crippen LogP contribution in [0.2, 0.25) is 0 Å². The van der Waals surface area contributed by atoms with Gasteiger partial charge in [-0.2, -0.15) is 0 Å². The zero-order valence-electron chi connectivity index (χ0n) is 14.4. The van der Waals surface area contributed by atoms with Gasteiger partial charge in [0.1, 0.15) is 0 Å². The largest absolute Gasteiger partial charge is 0.375 e. The highest BCUT2D eigenvalue weighted by Crippen LogP contribution is 2.11. The molecule has 0 aromatic heterocycles. The number of likely N-dealkylation sites (N-methyl/N-ethyl adjacent to an activating group) is 1. The van der Waals surface area contributed by atoms with E-state index in [4.69, 9.17) is 4.74 Å². The van der Waals surface area contributed by atoms with Crippen molar-refractivity contribution < 1.29 is 4.74 Å². The van der Waals surface area contributed by atoms with Crippen molar-refractivity contribution in [3.8, 4) is 0 Å². The zero-order chi connectivity index (χ0) is 15.7. The van der Waals surface area contributed by atoms with Crippen LogP contribution in [0, 0.1) is 0 Å². The lowest BCUT2D eigenvalue weighted by Crippen LogP contribution is -2.39. The van der Waals surface area contributed by atoms with Crippen molar-refractivity contribution >= 4 is 0 Å². The lowest BCUT2D eigenvalue weighted by molar-refractivity contribution is 0.0697. The van der Waals surface area contributed by atoms with Crippen molar-refractivity contribution in [2.45, 2.75) is 52.8 Å². The molecule has 0 saturated heterocycles. The Kier molecular flexibility index (Phi) is 8.58. The van der Waals surface area contributed by atoms with Gasteiger partial charge in [-0.05, 0) is 58.8 Å². The quantitative estimate of drug-likeness (QED) is 0.671. The van der Waals surface area contributed by atoms with Crippen LogP contribution in [-0.4, -0.2) is 43.7 Å². The van der Waals surface area contributed by atoms with Crippen molar-refractivity contribution in [2.24, 2.45) is 0 Å². The summed E-state index contributed by atoms with van der Waals surface area (Å²) in [6.07, 6.45) is 1.06. The van der Waals surface area contributed by atoms with E-state index >= 15 is 0 Å². The minimum absolute atomic E-state index is 0.566. The van der Waals surface area contributed by atoms with Gasteiger partial charge in [0.05, 0.1) is 13.2 Å². The number of ether oxygens (including phenoxy) is 1. The Labute approximate surface area is 130 Å². The van der Waals surface area contributed by atoms with Crippen LogP contribution in [0.15, 0.2) is 24.3 Å². The molecule has 0 amide bonds. The van der Waals surface area contributed by atoms with Gasteiger partial charge in [-0.25, -0.2) is 0 Å². The van der Waals surface area contributed by atoms with Gasteiger partial charge >= 0.3 is 0 Å². The van der Waals surface area contributed by atoms with E-state index in [1.165, 1.54) is 11.1 Å². The van der Waals surface area contributed by atoms with Gasteiger partial charge < -0.3 is 10.1 Å². The van der Waals surface area contributed by atoms with Crippen molar-refractivity contribution in [1.82, 2.24) is 10.2 Å².